The molecule has 6 nitrogen and oxygen atoms in total. The van der Waals surface area contributed by atoms with Crippen molar-refractivity contribution in [3.8, 4) is 11.5 Å². The molecule has 7 heteroatoms. The summed E-state index contributed by atoms with van der Waals surface area (Å²) in [5.41, 5.74) is 2.74. The minimum Gasteiger partial charge on any atom is -0.454 e. The third-order valence-electron chi connectivity index (χ3n) is 3.56. The van der Waals surface area contributed by atoms with Gasteiger partial charge in [-0.3, -0.25) is 10.1 Å². The first-order valence-corrected chi connectivity index (χ1v) is 7.92. The molecular weight excluding hydrogens is 312 g/mol. The second kappa shape index (κ2) is 5.44. The maximum atomic E-state index is 12.2. The molecule has 1 N–H and O–H groups in total. The Hall–Kier alpha value is -2.80. The van der Waals surface area contributed by atoms with Gasteiger partial charge in [-0.2, -0.15) is 10.2 Å². The van der Waals surface area contributed by atoms with E-state index in [1.807, 2.05) is 35.7 Å². The standard InChI is InChI=1S/C16H12N4O2S/c1-9-11(7-17-20-9)15(21)19-16-18-12(8-23-16)14-6-10-4-2-3-5-13(10)22-14/h2-6,8H,7H2,1H3,(H,18,19,21). The Bertz CT molecular complexity index is 934. The van der Waals surface area contributed by atoms with Crippen LogP contribution in [-0.2, 0) is 4.79 Å². The second-order valence-corrected chi connectivity index (χ2v) is 5.96. The first-order chi connectivity index (χ1) is 11.2. The second-order valence-electron chi connectivity index (χ2n) is 5.10. The van der Waals surface area contributed by atoms with E-state index in [2.05, 4.69) is 20.5 Å². The lowest BCUT2D eigenvalue weighted by Crippen LogP contribution is -2.15. The molecule has 4 rings (SSSR count). The van der Waals surface area contributed by atoms with Gasteiger partial charge in [0, 0.05) is 10.8 Å². The van der Waals surface area contributed by atoms with Gasteiger partial charge in [0.1, 0.15) is 11.3 Å². The van der Waals surface area contributed by atoms with E-state index in [4.69, 9.17) is 4.42 Å². The molecular formula is C16H12N4O2S. The number of nitrogens with one attached hydrogen (secondary N) is 1. The number of aromatic nitrogens is 1. The Labute approximate surface area is 135 Å². The van der Waals surface area contributed by atoms with Gasteiger partial charge in [-0.1, -0.05) is 18.2 Å². The number of anilines is 1. The smallest absolute Gasteiger partial charge is 0.257 e. The highest BCUT2D eigenvalue weighted by molar-refractivity contribution is 7.14. The van der Waals surface area contributed by atoms with E-state index in [0.29, 0.717) is 34.4 Å². The molecule has 23 heavy (non-hydrogen) atoms. The minimum atomic E-state index is -0.210. The van der Waals surface area contributed by atoms with Gasteiger partial charge in [0.05, 0.1) is 17.8 Å². The van der Waals surface area contributed by atoms with E-state index in [0.717, 1.165) is 11.0 Å². The number of furan rings is 1. The average molecular weight is 324 g/mol. The summed E-state index contributed by atoms with van der Waals surface area (Å²) in [6.07, 6.45) is 0. The number of fused-ring (bicyclic) bond motifs is 1. The third-order valence-corrected chi connectivity index (χ3v) is 4.32. The number of allylic oxidation sites excluding steroid dienone is 1. The first kappa shape index (κ1) is 13.8. The van der Waals surface area contributed by atoms with E-state index in [9.17, 15) is 4.79 Å². The van der Waals surface area contributed by atoms with Crippen LogP contribution in [0.4, 0.5) is 5.13 Å². The van der Waals surface area contributed by atoms with Crippen LogP contribution >= 0.6 is 11.3 Å². The summed E-state index contributed by atoms with van der Waals surface area (Å²) in [5.74, 6) is 0.474. The topological polar surface area (TPSA) is 79.9 Å². The van der Waals surface area contributed by atoms with Gasteiger partial charge in [0.25, 0.3) is 5.91 Å². The lowest BCUT2D eigenvalue weighted by Gasteiger charge is -2.01. The van der Waals surface area contributed by atoms with Crippen LogP contribution in [-0.4, -0.2) is 17.4 Å². The van der Waals surface area contributed by atoms with E-state index >= 15 is 0 Å². The Balaban J connectivity index is 1.57. The van der Waals surface area contributed by atoms with E-state index in [1.54, 1.807) is 6.92 Å². The van der Waals surface area contributed by atoms with Crippen molar-refractivity contribution in [1.29, 1.82) is 0 Å². The molecule has 1 amide bonds. The zero-order chi connectivity index (χ0) is 15.8. The zero-order valence-corrected chi connectivity index (χ0v) is 13.1. The van der Waals surface area contributed by atoms with Crippen molar-refractivity contribution in [2.45, 2.75) is 6.92 Å². The number of azo groups is 1. The minimum absolute atomic E-state index is 0.210. The normalized spacial score (nSPS) is 14.0. The molecule has 1 aliphatic rings. The molecule has 0 saturated heterocycles. The number of para-hydroxylation sites is 1. The molecule has 0 radical (unpaired) electrons. The Morgan fingerprint density at radius 1 is 1.35 bits per heavy atom. The largest absolute Gasteiger partial charge is 0.454 e. The quantitative estimate of drug-likeness (QED) is 0.782. The number of benzene rings is 1. The van der Waals surface area contributed by atoms with Crippen molar-refractivity contribution in [1.82, 2.24) is 4.98 Å². The maximum absolute atomic E-state index is 12.2. The lowest BCUT2D eigenvalue weighted by molar-refractivity contribution is -0.112. The first-order valence-electron chi connectivity index (χ1n) is 7.04. The number of thiazole rings is 1. The molecule has 1 aliphatic heterocycles. The lowest BCUT2D eigenvalue weighted by atomic mass is 10.2. The molecule has 0 fully saturated rings. The van der Waals surface area contributed by atoms with E-state index < -0.39 is 0 Å². The summed E-state index contributed by atoms with van der Waals surface area (Å²) in [7, 11) is 0. The number of carbonyl (C=O) groups excluding carboxylic acids is 1. The average Bonchev–Trinajstić information content (AvgIpc) is 3.25. The van der Waals surface area contributed by atoms with Gasteiger partial charge in [-0.25, -0.2) is 4.98 Å². The number of nitrogens with zero attached hydrogens (tertiary/aromatic N) is 3. The summed E-state index contributed by atoms with van der Waals surface area (Å²) >= 11 is 1.36. The molecule has 0 unspecified atom stereocenters. The Kier molecular flexibility index (Phi) is 3.27. The fourth-order valence-electron chi connectivity index (χ4n) is 2.35. The van der Waals surface area contributed by atoms with Crippen LogP contribution in [0.2, 0.25) is 0 Å². The molecule has 0 atom stereocenters. The zero-order valence-electron chi connectivity index (χ0n) is 12.2. The number of amides is 1. The molecule has 3 heterocycles. The van der Waals surface area contributed by atoms with Crippen molar-refractivity contribution in [3.05, 3.63) is 47.0 Å². The molecule has 2 aromatic heterocycles. The van der Waals surface area contributed by atoms with Crippen LogP contribution in [0.3, 0.4) is 0 Å². The number of hydrogen-bond donors (Lipinski definition) is 1. The van der Waals surface area contributed by atoms with Crippen LogP contribution < -0.4 is 5.32 Å². The van der Waals surface area contributed by atoms with Crippen LogP contribution in [0.1, 0.15) is 6.92 Å². The SMILES string of the molecule is CC1=C(C(=O)Nc2nc(-c3cc4ccccc4o3)cs2)CN=N1. The fourth-order valence-corrected chi connectivity index (χ4v) is 3.04. The van der Waals surface area contributed by atoms with Gasteiger partial charge in [-0.05, 0) is 19.1 Å². The molecule has 0 saturated carbocycles. The summed E-state index contributed by atoms with van der Waals surface area (Å²) in [6, 6.07) is 9.73. The summed E-state index contributed by atoms with van der Waals surface area (Å²) in [6.45, 7) is 2.09. The molecule has 0 bridgehead atoms. The summed E-state index contributed by atoms with van der Waals surface area (Å²) in [4.78, 5) is 16.6. The van der Waals surface area contributed by atoms with Crippen LogP contribution in [0.15, 0.2) is 61.6 Å². The van der Waals surface area contributed by atoms with Crippen molar-refractivity contribution in [2.75, 3.05) is 11.9 Å². The van der Waals surface area contributed by atoms with Gasteiger partial charge < -0.3 is 4.42 Å². The van der Waals surface area contributed by atoms with Crippen LogP contribution in [0, 0.1) is 0 Å². The Morgan fingerprint density at radius 3 is 3.00 bits per heavy atom. The van der Waals surface area contributed by atoms with Crippen LogP contribution in [0.5, 0.6) is 0 Å². The fraction of sp³-hybridized carbons (Fsp3) is 0.125. The third kappa shape index (κ3) is 2.55. The van der Waals surface area contributed by atoms with E-state index in [1.165, 1.54) is 11.3 Å². The highest BCUT2D eigenvalue weighted by Gasteiger charge is 2.18. The van der Waals surface area contributed by atoms with Gasteiger partial charge >= 0.3 is 0 Å². The monoisotopic (exact) mass is 324 g/mol. The summed E-state index contributed by atoms with van der Waals surface area (Å²) < 4.78 is 5.78. The van der Waals surface area contributed by atoms with Crippen molar-refractivity contribution in [2.24, 2.45) is 10.2 Å². The number of carbonyl (C=O) groups is 1. The van der Waals surface area contributed by atoms with Gasteiger partial charge in [0.2, 0.25) is 0 Å². The molecule has 1 aromatic carbocycles. The van der Waals surface area contributed by atoms with E-state index in [-0.39, 0.29) is 5.91 Å². The molecule has 0 spiro atoms. The van der Waals surface area contributed by atoms with Crippen molar-refractivity contribution < 1.29 is 9.21 Å². The molecule has 0 aliphatic carbocycles. The predicted octanol–water partition coefficient (Wildman–Crippen LogP) is 4.23. The predicted molar refractivity (Wildman–Crippen MR) is 88.4 cm³/mol. The van der Waals surface area contributed by atoms with Gasteiger partial charge in [-0.15, -0.1) is 11.3 Å². The highest BCUT2D eigenvalue weighted by atomic mass is 32.1. The highest BCUT2D eigenvalue weighted by Crippen LogP contribution is 2.30. The van der Waals surface area contributed by atoms with Gasteiger partial charge in [0.15, 0.2) is 10.9 Å². The van der Waals surface area contributed by atoms with Crippen LogP contribution in [0.25, 0.3) is 22.4 Å². The number of rotatable bonds is 3. The molecule has 114 valence electrons. The maximum Gasteiger partial charge on any atom is 0.257 e. The van der Waals surface area contributed by atoms with Crippen molar-refractivity contribution >= 4 is 33.3 Å². The number of hydrogen-bond acceptors (Lipinski definition) is 6. The summed E-state index contributed by atoms with van der Waals surface area (Å²) in [5, 5.41) is 13.9. The van der Waals surface area contributed by atoms with Crippen molar-refractivity contribution in [3.63, 3.8) is 0 Å². The Morgan fingerprint density at radius 2 is 2.22 bits per heavy atom. The molecule has 3 aromatic rings.